The lowest BCUT2D eigenvalue weighted by atomic mass is 10.1. The lowest BCUT2D eigenvalue weighted by Gasteiger charge is -2.29. The number of fused-ring (bicyclic) bond motifs is 3. The number of pyridine rings is 1. The number of rotatable bonds is 2. The third-order valence-corrected chi connectivity index (χ3v) is 4.94. The fraction of sp³-hybridized carbons (Fsp3) is 0.200. The predicted molar refractivity (Wildman–Crippen MR) is 101 cm³/mol. The molecule has 0 atom stereocenters. The van der Waals surface area contributed by atoms with Crippen molar-refractivity contribution in [2.75, 3.05) is 31.2 Å². The van der Waals surface area contributed by atoms with Crippen molar-refractivity contribution >= 4 is 16.6 Å². The molecule has 0 radical (unpaired) electrons. The summed E-state index contributed by atoms with van der Waals surface area (Å²) in [5.74, 6) is -0.301. The van der Waals surface area contributed by atoms with E-state index in [1.54, 1.807) is 12.3 Å². The lowest BCUT2D eigenvalue weighted by molar-refractivity contribution is 0.122. The van der Waals surface area contributed by atoms with Crippen molar-refractivity contribution in [3.05, 3.63) is 64.8 Å². The van der Waals surface area contributed by atoms with Crippen LogP contribution in [0.1, 0.15) is 0 Å². The Labute approximate surface area is 154 Å². The molecule has 0 unspecified atom stereocenters. The molecular formula is C20H17FN4O2. The number of ether oxygens (including phenoxy) is 1. The van der Waals surface area contributed by atoms with Gasteiger partial charge < -0.3 is 14.6 Å². The van der Waals surface area contributed by atoms with Crippen molar-refractivity contribution in [2.24, 2.45) is 0 Å². The summed E-state index contributed by atoms with van der Waals surface area (Å²) in [6.45, 7) is 2.41. The number of nitrogens with one attached hydrogen (secondary N) is 1. The number of halogens is 1. The molecule has 0 amide bonds. The van der Waals surface area contributed by atoms with Gasteiger partial charge in [0.25, 0.3) is 5.56 Å². The molecule has 5 rings (SSSR count). The maximum atomic E-state index is 14.7. The van der Waals surface area contributed by atoms with Gasteiger partial charge in [-0.2, -0.15) is 9.78 Å². The lowest BCUT2D eigenvalue weighted by Crippen LogP contribution is -2.36. The Morgan fingerprint density at radius 3 is 2.67 bits per heavy atom. The van der Waals surface area contributed by atoms with E-state index < -0.39 is 0 Å². The minimum absolute atomic E-state index is 0.202. The van der Waals surface area contributed by atoms with Gasteiger partial charge in [-0.05, 0) is 18.2 Å². The van der Waals surface area contributed by atoms with E-state index in [0.717, 1.165) is 5.39 Å². The largest absolute Gasteiger partial charge is 0.378 e. The molecule has 0 saturated carbocycles. The average Bonchev–Trinajstić information content (AvgIpc) is 3.06. The molecule has 136 valence electrons. The van der Waals surface area contributed by atoms with Gasteiger partial charge in [-0.25, -0.2) is 4.39 Å². The number of anilines is 1. The van der Waals surface area contributed by atoms with Gasteiger partial charge in [-0.1, -0.05) is 18.2 Å². The minimum Gasteiger partial charge on any atom is -0.378 e. The molecule has 0 aromatic heterocycles. The average molecular weight is 364 g/mol. The molecule has 2 aromatic carbocycles. The molecule has 6 nitrogen and oxygen atoms in total. The SMILES string of the molecule is O=c1c2c[nH]c3cc(F)c(N4CCOCC4)cc3c-2nn1-c1ccccc1. The standard InChI is InChI=1S/C20H17FN4O2/c21-16-11-17-14(10-18(16)24-6-8-27-9-7-24)19-15(12-22-17)20(26)25(23-19)13-4-2-1-3-5-13/h1-5,10-12,22H,6-9H2. The first-order valence-electron chi connectivity index (χ1n) is 8.84. The van der Waals surface area contributed by atoms with Crippen LogP contribution in [0.5, 0.6) is 0 Å². The third kappa shape index (κ3) is 2.59. The van der Waals surface area contributed by atoms with Crippen LogP contribution in [0, 0.1) is 5.82 Å². The van der Waals surface area contributed by atoms with Crippen molar-refractivity contribution in [1.29, 1.82) is 0 Å². The summed E-state index contributed by atoms with van der Waals surface area (Å²) < 4.78 is 21.4. The highest BCUT2D eigenvalue weighted by atomic mass is 19.1. The highest BCUT2D eigenvalue weighted by Gasteiger charge is 2.22. The van der Waals surface area contributed by atoms with E-state index in [9.17, 15) is 9.18 Å². The second kappa shape index (κ2) is 6.21. The van der Waals surface area contributed by atoms with E-state index in [0.29, 0.717) is 54.5 Å². The zero-order valence-electron chi connectivity index (χ0n) is 14.5. The number of para-hydroxylation sites is 1. The van der Waals surface area contributed by atoms with Crippen LogP contribution in [0.3, 0.4) is 0 Å². The van der Waals surface area contributed by atoms with Crippen molar-refractivity contribution in [1.82, 2.24) is 14.8 Å². The third-order valence-electron chi connectivity index (χ3n) is 4.94. The van der Waals surface area contributed by atoms with Crippen molar-refractivity contribution in [3.63, 3.8) is 0 Å². The van der Waals surface area contributed by atoms with E-state index in [1.807, 2.05) is 35.2 Å². The Morgan fingerprint density at radius 2 is 1.89 bits per heavy atom. The number of aromatic nitrogens is 3. The van der Waals surface area contributed by atoms with Gasteiger partial charge in [-0.3, -0.25) is 4.79 Å². The van der Waals surface area contributed by atoms with E-state index in [2.05, 4.69) is 10.1 Å². The van der Waals surface area contributed by atoms with Crippen molar-refractivity contribution < 1.29 is 9.13 Å². The van der Waals surface area contributed by atoms with Gasteiger partial charge >= 0.3 is 0 Å². The highest BCUT2D eigenvalue weighted by Crippen LogP contribution is 2.32. The van der Waals surface area contributed by atoms with Gasteiger partial charge in [0.05, 0.1) is 35.7 Å². The van der Waals surface area contributed by atoms with Crippen LogP contribution in [0.25, 0.3) is 27.8 Å². The first-order chi connectivity index (χ1) is 13.2. The molecule has 1 fully saturated rings. The van der Waals surface area contributed by atoms with Crippen LogP contribution in [-0.4, -0.2) is 41.1 Å². The summed E-state index contributed by atoms with van der Waals surface area (Å²) in [6.07, 6.45) is 1.60. The van der Waals surface area contributed by atoms with Crippen LogP contribution in [0.2, 0.25) is 0 Å². The summed E-state index contributed by atoms with van der Waals surface area (Å²) in [5, 5.41) is 5.27. The maximum absolute atomic E-state index is 14.7. The van der Waals surface area contributed by atoms with Crippen LogP contribution in [0.15, 0.2) is 53.5 Å². The summed E-state index contributed by atoms with van der Waals surface area (Å²) >= 11 is 0. The van der Waals surface area contributed by atoms with E-state index in [-0.39, 0.29) is 11.4 Å². The van der Waals surface area contributed by atoms with Crippen molar-refractivity contribution in [2.45, 2.75) is 0 Å². The Kier molecular flexibility index (Phi) is 3.68. The minimum atomic E-state index is -0.301. The fourth-order valence-electron chi connectivity index (χ4n) is 3.56. The van der Waals surface area contributed by atoms with Crippen LogP contribution >= 0.6 is 0 Å². The number of H-pyrrole nitrogens is 1. The van der Waals surface area contributed by atoms with E-state index in [4.69, 9.17) is 4.74 Å². The molecule has 2 aromatic rings. The molecule has 1 N–H and O–H groups in total. The summed E-state index contributed by atoms with van der Waals surface area (Å²) in [7, 11) is 0. The molecule has 7 heteroatoms. The number of benzene rings is 2. The van der Waals surface area contributed by atoms with E-state index in [1.165, 1.54) is 10.7 Å². The second-order valence-corrected chi connectivity index (χ2v) is 6.55. The molecule has 0 bridgehead atoms. The van der Waals surface area contributed by atoms with Gasteiger partial charge in [0, 0.05) is 30.7 Å². The Hall–Kier alpha value is -3.19. The molecule has 3 aliphatic heterocycles. The topological polar surface area (TPSA) is 63.1 Å². The zero-order valence-corrected chi connectivity index (χ0v) is 14.5. The summed E-state index contributed by atoms with van der Waals surface area (Å²) in [6, 6.07) is 12.5. The second-order valence-electron chi connectivity index (χ2n) is 6.55. The molecule has 3 aliphatic rings. The Morgan fingerprint density at radius 1 is 1.11 bits per heavy atom. The number of aromatic amines is 1. The van der Waals surface area contributed by atoms with Gasteiger partial charge in [0.2, 0.25) is 0 Å². The fourth-order valence-corrected chi connectivity index (χ4v) is 3.56. The molecular weight excluding hydrogens is 347 g/mol. The molecule has 0 spiro atoms. The highest BCUT2D eigenvalue weighted by molar-refractivity contribution is 5.95. The molecule has 1 saturated heterocycles. The van der Waals surface area contributed by atoms with Crippen LogP contribution in [-0.2, 0) is 4.74 Å². The summed E-state index contributed by atoms with van der Waals surface area (Å²) in [5.41, 5.74) is 2.65. The maximum Gasteiger partial charge on any atom is 0.282 e. The van der Waals surface area contributed by atoms with Gasteiger partial charge in [-0.15, -0.1) is 0 Å². The van der Waals surface area contributed by atoms with Crippen LogP contribution in [0.4, 0.5) is 10.1 Å². The first kappa shape index (κ1) is 16.0. The smallest absolute Gasteiger partial charge is 0.282 e. The van der Waals surface area contributed by atoms with Crippen molar-refractivity contribution in [3.8, 4) is 16.9 Å². The normalized spacial score (nSPS) is 14.9. The Balaban J connectivity index is 1.73. The first-order valence-corrected chi connectivity index (χ1v) is 8.84. The number of morpholine rings is 1. The molecule has 0 aliphatic carbocycles. The van der Waals surface area contributed by atoms with Crippen LogP contribution < -0.4 is 10.5 Å². The number of nitrogens with zero attached hydrogens (tertiary/aromatic N) is 3. The zero-order chi connectivity index (χ0) is 18.4. The molecule has 27 heavy (non-hydrogen) atoms. The summed E-state index contributed by atoms with van der Waals surface area (Å²) in [4.78, 5) is 17.8. The monoisotopic (exact) mass is 364 g/mol. The number of hydrogen-bond acceptors (Lipinski definition) is 4. The number of hydrogen-bond donors (Lipinski definition) is 1. The molecule has 3 heterocycles. The van der Waals surface area contributed by atoms with E-state index >= 15 is 0 Å². The van der Waals surface area contributed by atoms with Gasteiger partial charge in [0.1, 0.15) is 11.5 Å². The predicted octanol–water partition coefficient (Wildman–Crippen LogP) is 2.79. The van der Waals surface area contributed by atoms with Gasteiger partial charge in [0.15, 0.2) is 0 Å². The quantitative estimate of drug-likeness (QED) is 0.594. The Bertz CT molecular complexity index is 1150.